The number of carbonyl (C=O) groups is 2. The zero-order valence-corrected chi connectivity index (χ0v) is 24.8. The first-order valence-corrected chi connectivity index (χ1v) is 14.4. The summed E-state index contributed by atoms with van der Waals surface area (Å²) in [6.45, 7) is 10.3. The van der Waals surface area contributed by atoms with Crippen LogP contribution in [0.1, 0.15) is 77.6 Å². The van der Waals surface area contributed by atoms with Crippen molar-refractivity contribution < 1.29 is 23.5 Å². The van der Waals surface area contributed by atoms with Crippen LogP contribution in [0.5, 0.6) is 0 Å². The lowest BCUT2D eigenvalue weighted by Crippen LogP contribution is -2.49. The first-order valence-electron chi connectivity index (χ1n) is 13.0. The van der Waals surface area contributed by atoms with Crippen molar-refractivity contribution in [1.29, 1.82) is 0 Å². The molecular weight excluding hydrogens is 541 g/mol. The Morgan fingerprint density at radius 1 is 1.10 bits per heavy atom. The van der Waals surface area contributed by atoms with E-state index in [1.165, 1.54) is 17.8 Å². The van der Waals surface area contributed by atoms with Gasteiger partial charge in [-0.1, -0.05) is 41.9 Å². The van der Waals surface area contributed by atoms with Gasteiger partial charge in [0.2, 0.25) is 0 Å². The molecule has 0 unspecified atom stereocenters. The van der Waals surface area contributed by atoms with Crippen molar-refractivity contribution in [2.75, 3.05) is 5.75 Å². The summed E-state index contributed by atoms with van der Waals surface area (Å²) in [5.41, 5.74) is -0.463. The molecule has 1 saturated carbocycles. The average molecular weight is 576 g/mol. The maximum atomic E-state index is 15.6. The summed E-state index contributed by atoms with van der Waals surface area (Å²) >= 11 is 7.27. The van der Waals surface area contributed by atoms with Gasteiger partial charge in [-0.2, -0.15) is 4.90 Å². The number of rotatable bonds is 3. The molecule has 1 aliphatic heterocycles. The maximum Gasteiger partial charge on any atom is 0.426 e. The molecule has 2 atom stereocenters. The van der Waals surface area contributed by atoms with Gasteiger partial charge in [-0.25, -0.2) is 19.0 Å². The first-order chi connectivity index (χ1) is 18.2. The predicted molar refractivity (Wildman–Crippen MR) is 152 cm³/mol. The van der Waals surface area contributed by atoms with Crippen LogP contribution < -0.4 is 0 Å². The summed E-state index contributed by atoms with van der Waals surface area (Å²) < 4.78 is 26.7. The molecule has 7 nitrogen and oxygen atoms in total. The highest BCUT2D eigenvalue weighted by Crippen LogP contribution is 2.52. The van der Waals surface area contributed by atoms with Crippen molar-refractivity contribution >= 4 is 40.7 Å². The van der Waals surface area contributed by atoms with E-state index in [1.54, 1.807) is 59.9 Å². The van der Waals surface area contributed by atoms with Gasteiger partial charge in [0.15, 0.2) is 5.17 Å². The third kappa shape index (κ3) is 6.92. The van der Waals surface area contributed by atoms with E-state index in [-0.39, 0.29) is 16.9 Å². The number of aliphatic imine (C=N–C) groups is 1. The largest absolute Gasteiger partial charge is 0.443 e. The second kappa shape index (κ2) is 11.1. The Balaban J connectivity index is 1.76. The number of pyridine rings is 1. The van der Waals surface area contributed by atoms with E-state index in [4.69, 9.17) is 26.1 Å². The minimum atomic E-state index is -0.920. The SMILES string of the molecule is CC(C)(C)OC(=O)N(C(=O)OC(C)(C)C)C1=N[C@@]2(c3cc(Cc4ccc(Cl)cn4)ccc3F)CCC[C@H]2CS1. The first kappa shape index (κ1) is 29.3. The van der Waals surface area contributed by atoms with Crippen LogP contribution in [0.4, 0.5) is 14.0 Å². The highest BCUT2D eigenvalue weighted by atomic mass is 35.5. The Hall–Kier alpha value is -2.65. The molecule has 0 radical (unpaired) electrons. The van der Waals surface area contributed by atoms with Crippen molar-refractivity contribution in [1.82, 2.24) is 9.88 Å². The topological polar surface area (TPSA) is 81.1 Å². The summed E-state index contributed by atoms with van der Waals surface area (Å²) in [6.07, 6.45) is 2.64. The molecule has 1 aliphatic carbocycles. The van der Waals surface area contributed by atoms with E-state index < -0.39 is 28.9 Å². The fourth-order valence-corrected chi connectivity index (χ4v) is 6.33. The number of benzene rings is 1. The molecule has 0 bridgehead atoms. The zero-order chi connectivity index (χ0) is 28.6. The molecule has 1 aromatic carbocycles. The standard InChI is InChI=1S/C29H35ClFN3O4S/c1-27(2,3)37-25(35)34(26(36)38-28(4,5)6)24-33-29(13-7-8-19(29)17-39-24)22-15-18(9-12-23(22)31)14-21-11-10-20(30)16-32-21/h9-12,15-16,19H,7-8,13-14,17H2,1-6H3/t19-,29-/m0/s1. The van der Waals surface area contributed by atoms with E-state index in [0.717, 1.165) is 29.0 Å². The molecule has 39 heavy (non-hydrogen) atoms. The van der Waals surface area contributed by atoms with Gasteiger partial charge in [-0.15, -0.1) is 0 Å². The Labute approximate surface area is 238 Å². The smallest absolute Gasteiger partial charge is 0.426 e. The van der Waals surface area contributed by atoms with Crippen LogP contribution >= 0.6 is 23.4 Å². The number of carbonyl (C=O) groups excluding carboxylic acids is 2. The lowest BCUT2D eigenvalue weighted by Gasteiger charge is -2.39. The fourth-order valence-electron chi connectivity index (χ4n) is 4.92. The molecule has 2 aliphatic rings. The number of amidine groups is 1. The van der Waals surface area contributed by atoms with Gasteiger partial charge in [-0.05, 0) is 84.1 Å². The molecule has 1 aromatic heterocycles. The van der Waals surface area contributed by atoms with Crippen LogP contribution in [0.3, 0.4) is 0 Å². The van der Waals surface area contributed by atoms with Crippen LogP contribution in [-0.4, -0.2) is 44.2 Å². The number of imide groups is 1. The minimum Gasteiger partial charge on any atom is -0.443 e. The number of halogens is 2. The molecule has 2 amide bonds. The summed E-state index contributed by atoms with van der Waals surface area (Å²) in [5, 5.41) is 0.702. The summed E-state index contributed by atoms with van der Waals surface area (Å²) in [4.78, 5) is 36.8. The van der Waals surface area contributed by atoms with Crippen molar-refractivity contribution in [3.8, 4) is 0 Å². The quantitative estimate of drug-likeness (QED) is 0.372. The average Bonchev–Trinajstić information content (AvgIpc) is 3.24. The van der Waals surface area contributed by atoms with Gasteiger partial charge in [-0.3, -0.25) is 4.98 Å². The third-order valence-electron chi connectivity index (χ3n) is 6.51. The number of hydrogen-bond acceptors (Lipinski definition) is 7. The number of amides is 2. The van der Waals surface area contributed by atoms with Gasteiger partial charge >= 0.3 is 12.2 Å². The molecule has 0 saturated heterocycles. The number of aromatic nitrogens is 1. The number of thioether (sulfide) groups is 1. The number of nitrogens with zero attached hydrogens (tertiary/aromatic N) is 3. The summed E-state index contributed by atoms with van der Waals surface area (Å²) in [6, 6.07) is 8.66. The minimum absolute atomic E-state index is 0.0452. The second-order valence-corrected chi connectivity index (χ2v) is 13.4. The van der Waals surface area contributed by atoms with Gasteiger partial charge in [0, 0.05) is 29.6 Å². The maximum absolute atomic E-state index is 15.6. The van der Waals surface area contributed by atoms with Gasteiger partial charge in [0.1, 0.15) is 17.0 Å². The van der Waals surface area contributed by atoms with Crippen molar-refractivity contribution in [3.05, 3.63) is 64.2 Å². The molecular formula is C29H35ClFN3O4S. The lowest BCUT2D eigenvalue weighted by atomic mass is 9.80. The summed E-state index contributed by atoms with van der Waals surface area (Å²) in [5.74, 6) is 0.248. The molecule has 2 heterocycles. The molecule has 0 spiro atoms. The third-order valence-corrected chi connectivity index (χ3v) is 7.83. The fraction of sp³-hybridized carbons (Fsp3) is 0.517. The van der Waals surface area contributed by atoms with Crippen LogP contribution in [0.25, 0.3) is 0 Å². The van der Waals surface area contributed by atoms with Crippen molar-refractivity contribution in [2.24, 2.45) is 10.9 Å². The Bertz CT molecular complexity index is 1240. The second-order valence-electron chi connectivity index (χ2n) is 12.0. The monoisotopic (exact) mass is 575 g/mol. The van der Waals surface area contributed by atoms with Crippen LogP contribution in [0.15, 0.2) is 41.5 Å². The number of fused-ring (bicyclic) bond motifs is 1. The van der Waals surface area contributed by atoms with Gasteiger partial charge in [0.05, 0.1) is 10.6 Å². The van der Waals surface area contributed by atoms with E-state index in [1.807, 2.05) is 12.1 Å². The lowest BCUT2D eigenvalue weighted by molar-refractivity contribution is 0.0150. The van der Waals surface area contributed by atoms with Crippen LogP contribution in [0.2, 0.25) is 5.02 Å². The van der Waals surface area contributed by atoms with Gasteiger partial charge < -0.3 is 9.47 Å². The Kier molecular flexibility index (Phi) is 8.34. The number of ether oxygens (including phenoxy) is 2. The molecule has 210 valence electrons. The van der Waals surface area contributed by atoms with E-state index in [9.17, 15) is 9.59 Å². The van der Waals surface area contributed by atoms with E-state index in [2.05, 4.69) is 4.98 Å². The zero-order valence-electron chi connectivity index (χ0n) is 23.2. The van der Waals surface area contributed by atoms with Gasteiger partial charge in [0.25, 0.3) is 0 Å². The van der Waals surface area contributed by atoms with Crippen molar-refractivity contribution in [3.63, 3.8) is 0 Å². The van der Waals surface area contributed by atoms with Crippen LogP contribution in [-0.2, 0) is 21.4 Å². The summed E-state index contributed by atoms with van der Waals surface area (Å²) in [7, 11) is 0. The van der Waals surface area contributed by atoms with Crippen molar-refractivity contribution in [2.45, 2.75) is 84.0 Å². The molecule has 2 aromatic rings. The molecule has 4 rings (SSSR count). The Morgan fingerprint density at radius 2 is 1.77 bits per heavy atom. The Morgan fingerprint density at radius 3 is 2.36 bits per heavy atom. The van der Waals surface area contributed by atoms with E-state index in [0.29, 0.717) is 29.2 Å². The van der Waals surface area contributed by atoms with Crippen LogP contribution in [0, 0.1) is 11.7 Å². The highest BCUT2D eigenvalue weighted by Gasteiger charge is 2.50. The molecule has 10 heteroatoms. The van der Waals surface area contributed by atoms with E-state index >= 15 is 4.39 Å². The highest BCUT2D eigenvalue weighted by molar-refractivity contribution is 8.13. The normalized spacial score (nSPS) is 21.1. The predicted octanol–water partition coefficient (Wildman–Crippen LogP) is 7.74. The number of hydrogen-bond donors (Lipinski definition) is 0. The molecule has 1 fully saturated rings. The molecule has 0 N–H and O–H groups in total.